The summed E-state index contributed by atoms with van der Waals surface area (Å²) in [5.74, 6) is 1.57. The number of nitrogens with zero attached hydrogens (tertiary/aromatic N) is 2. The Hall–Kier alpha value is -1.30. The SMILES string of the molecule is CSCC(C)CNC(=O)c1ccc(N)nn1. The maximum atomic E-state index is 11.6. The van der Waals surface area contributed by atoms with Crippen LogP contribution >= 0.6 is 11.8 Å². The highest BCUT2D eigenvalue weighted by molar-refractivity contribution is 7.98. The molecule has 0 aliphatic heterocycles. The van der Waals surface area contributed by atoms with Crippen molar-refractivity contribution in [3.63, 3.8) is 0 Å². The molecule has 1 atom stereocenters. The van der Waals surface area contributed by atoms with Crippen LogP contribution in [0.3, 0.4) is 0 Å². The van der Waals surface area contributed by atoms with E-state index in [0.717, 1.165) is 5.75 Å². The van der Waals surface area contributed by atoms with Crippen molar-refractivity contribution in [3.05, 3.63) is 17.8 Å². The van der Waals surface area contributed by atoms with E-state index in [-0.39, 0.29) is 5.91 Å². The molecule has 0 fully saturated rings. The number of nitrogens with two attached hydrogens (primary N) is 1. The number of nitrogen functional groups attached to an aromatic ring is 1. The van der Waals surface area contributed by atoms with Gasteiger partial charge >= 0.3 is 0 Å². The minimum atomic E-state index is -0.208. The smallest absolute Gasteiger partial charge is 0.271 e. The Kier molecular flexibility index (Phi) is 5.04. The molecule has 16 heavy (non-hydrogen) atoms. The first-order valence-electron chi connectivity index (χ1n) is 5.00. The zero-order chi connectivity index (χ0) is 12.0. The second kappa shape index (κ2) is 6.32. The Morgan fingerprint density at radius 2 is 2.31 bits per heavy atom. The number of amides is 1. The summed E-state index contributed by atoms with van der Waals surface area (Å²) in [5.41, 5.74) is 5.68. The molecular weight excluding hydrogens is 224 g/mol. The summed E-state index contributed by atoms with van der Waals surface area (Å²) in [6, 6.07) is 3.13. The molecule has 1 unspecified atom stereocenters. The Morgan fingerprint density at radius 3 is 2.88 bits per heavy atom. The van der Waals surface area contributed by atoms with Gasteiger partial charge in [-0.3, -0.25) is 4.79 Å². The monoisotopic (exact) mass is 240 g/mol. The highest BCUT2D eigenvalue weighted by Crippen LogP contribution is 2.03. The molecule has 6 heteroatoms. The molecule has 0 spiro atoms. The molecule has 1 aromatic heterocycles. The predicted molar refractivity (Wildman–Crippen MR) is 66.3 cm³/mol. The van der Waals surface area contributed by atoms with E-state index in [2.05, 4.69) is 22.4 Å². The molecule has 0 saturated carbocycles. The summed E-state index contributed by atoms with van der Waals surface area (Å²) in [7, 11) is 0. The lowest BCUT2D eigenvalue weighted by Gasteiger charge is -2.10. The maximum absolute atomic E-state index is 11.6. The Labute approximate surface area is 99.2 Å². The molecule has 1 heterocycles. The van der Waals surface area contributed by atoms with Crippen molar-refractivity contribution in [2.75, 3.05) is 24.3 Å². The molecule has 1 rings (SSSR count). The Morgan fingerprint density at radius 1 is 1.56 bits per heavy atom. The minimum Gasteiger partial charge on any atom is -0.382 e. The molecule has 0 saturated heterocycles. The van der Waals surface area contributed by atoms with Crippen LogP contribution in [0.2, 0.25) is 0 Å². The van der Waals surface area contributed by atoms with Crippen molar-refractivity contribution in [3.8, 4) is 0 Å². The van der Waals surface area contributed by atoms with Gasteiger partial charge in [-0.1, -0.05) is 6.92 Å². The molecule has 1 aromatic rings. The van der Waals surface area contributed by atoms with Crippen LogP contribution in [0.25, 0.3) is 0 Å². The van der Waals surface area contributed by atoms with Crippen molar-refractivity contribution < 1.29 is 4.79 Å². The van der Waals surface area contributed by atoms with Crippen LogP contribution < -0.4 is 11.1 Å². The van der Waals surface area contributed by atoms with E-state index in [4.69, 9.17) is 5.73 Å². The molecule has 3 N–H and O–H groups in total. The zero-order valence-corrected chi connectivity index (χ0v) is 10.3. The van der Waals surface area contributed by atoms with Crippen LogP contribution in [-0.2, 0) is 0 Å². The molecule has 0 bridgehead atoms. The lowest BCUT2D eigenvalue weighted by molar-refractivity contribution is 0.0943. The third kappa shape index (κ3) is 4.06. The number of hydrogen-bond acceptors (Lipinski definition) is 5. The third-order valence-electron chi connectivity index (χ3n) is 1.98. The molecule has 5 nitrogen and oxygen atoms in total. The van der Waals surface area contributed by atoms with E-state index >= 15 is 0 Å². The van der Waals surface area contributed by atoms with Crippen LogP contribution in [0, 0.1) is 5.92 Å². The third-order valence-corrected chi connectivity index (χ3v) is 2.88. The van der Waals surface area contributed by atoms with Gasteiger partial charge in [0.05, 0.1) is 0 Å². The topological polar surface area (TPSA) is 80.9 Å². The van der Waals surface area contributed by atoms with Crippen LogP contribution in [0.15, 0.2) is 12.1 Å². The summed E-state index contributed by atoms with van der Waals surface area (Å²) in [6.07, 6.45) is 2.05. The van der Waals surface area contributed by atoms with E-state index in [0.29, 0.717) is 24.0 Å². The molecule has 0 aliphatic carbocycles. The molecule has 0 radical (unpaired) electrons. The summed E-state index contributed by atoms with van der Waals surface area (Å²) in [5, 5.41) is 10.1. The molecule has 0 aliphatic rings. The number of rotatable bonds is 5. The number of carbonyl (C=O) groups is 1. The van der Waals surface area contributed by atoms with Crippen molar-refractivity contribution >= 4 is 23.5 Å². The van der Waals surface area contributed by atoms with Gasteiger partial charge in [0.2, 0.25) is 0 Å². The van der Waals surface area contributed by atoms with E-state index < -0.39 is 0 Å². The van der Waals surface area contributed by atoms with Crippen molar-refractivity contribution in [2.24, 2.45) is 5.92 Å². The standard InChI is InChI=1S/C10H16N4OS/c1-7(6-16-2)5-12-10(15)8-3-4-9(11)14-13-8/h3-4,7H,5-6H2,1-2H3,(H2,11,14)(H,12,15). The van der Waals surface area contributed by atoms with Crippen molar-refractivity contribution in [1.29, 1.82) is 0 Å². The fourth-order valence-electron chi connectivity index (χ4n) is 1.16. The van der Waals surface area contributed by atoms with Gasteiger partial charge in [-0.2, -0.15) is 11.8 Å². The van der Waals surface area contributed by atoms with Gasteiger partial charge in [0.1, 0.15) is 5.82 Å². The van der Waals surface area contributed by atoms with E-state index in [1.54, 1.807) is 23.9 Å². The second-order valence-electron chi connectivity index (χ2n) is 3.61. The molecule has 0 aromatic carbocycles. The molecule has 88 valence electrons. The first-order chi connectivity index (χ1) is 7.63. The highest BCUT2D eigenvalue weighted by atomic mass is 32.2. The van der Waals surface area contributed by atoms with Crippen LogP contribution in [-0.4, -0.2) is 34.7 Å². The fraction of sp³-hybridized carbons (Fsp3) is 0.500. The van der Waals surface area contributed by atoms with Gasteiger partial charge in [-0.15, -0.1) is 10.2 Å². The molecular formula is C10H16N4OS. The van der Waals surface area contributed by atoms with Crippen molar-refractivity contribution in [2.45, 2.75) is 6.92 Å². The number of hydrogen-bond donors (Lipinski definition) is 2. The maximum Gasteiger partial charge on any atom is 0.271 e. The Bertz CT molecular complexity index is 341. The van der Waals surface area contributed by atoms with Gasteiger partial charge in [0, 0.05) is 6.54 Å². The number of anilines is 1. The van der Waals surface area contributed by atoms with Gasteiger partial charge in [0.15, 0.2) is 5.69 Å². The van der Waals surface area contributed by atoms with Crippen LogP contribution in [0.5, 0.6) is 0 Å². The highest BCUT2D eigenvalue weighted by Gasteiger charge is 2.09. The van der Waals surface area contributed by atoms with E-state index in [9.17, 15) is 4.79 Å². The quantitative estimate of drug-likeness (QED) is 0.795. The number of nitrogens with one attached hydrogen (secondary N) is 1. The first kappa shape index (κ1) is 12.8. The number of thioether (sulfide) groups is 1. The summed E-state index contributed by atoms with van der Waals surface area (Å²) < 4.78 is 0. The molecule has 1 amide bonds. The van der Waals surface area contributed by atoms with E-state index in [1.165, 1.54) is 0 Å². The number of aromatic nitrogens is 2. The largest absolute Gasteiger partial charge is 0.382 e. The Balaban J connectivity index is 2.43. The summed E-state index contributed by atoms with van der Waals surface area (Å²) >= 11 is 1.76. The average molecular weight is 240 g/mol. The lowest BCUT2D eigenvalue weighted by atomic mass is 10.2. The summed E-state index contributed by atoms with van der Waals surface area (Å²) in [6.45, 7) is 2.73. The van der Waals surface area contributed by atoms with E-state index in [1.807, 2.05) is 6.26 Å². The average Bonchev–Trinajstić information content (AvgIpc) is 2.27. The summed E-state index contributed by atoms with van der Waals surface area (Å²) in [4.78, 5) is 11.6. The van der Waals surface area contributed by atoms with Crippen LogP contribution in [0.4, 0.5) is 5.82 Å². The van der Waals surface area contributed by atoms with Gasteiger partial charge in [-0.25, -0.2) is 0 Å². The van der Waals surface area contributed by atoms with Gasteiger partial charge < -0.3 is 11.1 Å². The van der Waals surface area contributed by atoms with Gasteiger partial charge in [0.25, 0.3) is 5.91 Å². The zero-order valence-electron chi connectivity index (χ0n) is 9.43. The van der Waals surface area contributed by atoms with Crippen molar-refractivity contribution in [1.82, 2.24) is 15.5 Å². The minimum absolute atomic E-state index is 0.208. The normalized spacial score (nSPS) is 12.1. The second-order valence-corrected chi connectivity index (χ2v) is 4.52. The first-order valence-corrected chi connectivity index (χ1v) is 6.39. The number of carbonyl (C=O) groups excluding carboxylic acids is 1. The van der Waals surface area contributed by atoms with Gasteiger partial charge in [-0.05, 0) is 30.1 Å². The predicted octanol–water partition coefficient (Wildman–Crippen LogP) is 0.788. The van der Waals surface area contributed by atoms with Crippen LogP contribution in [0.1, 0.15) is 17.4 Å². The fourth-order valence-corrected chi connectivity index (χ4v) is 1.85. The lowest BCUT2D eigenvalue weighted by Crippen LogP contribution is -2.29.